The van der Waals surface area contributed by atoms with Crippen molar-refractivity contribution in [1.82, 2.24) is 9.78 Å². The summed E-state index contributed by atoms with van der Waals surface area (Å²) in [6.45, 7) is 0. The van der Waals surface area contributed by atoms with Gasteiger partial charge in [0.15, 0.2) is 0 Å². The lowest BCUT2D eigenvalue weighted by atomic mass is 10.0. The van der Waals surface area contributed by atoms with Crippen molar-refractivity contribution in [2.45, 2.75) is 6.04 Å². The highest BCUT2D eigenvalue weighted by atomic mass is 79.9. The number of halogens is 3. The Labute approximate surface area is 118 Å². The van der Waals surface area contributed by atoms with Gasteiger partial charge >= 0.3 is 0 Å². The second-order valence-electron chi connectivity index (χ2n) is 3.65. The van der Waals surface area contributed by atoms with Crippen molar-refractivity contribution < 1.29 is 0 Å². The molecule has 0 saturated heterocycles. The van der Waals surface area contributed by atoms with Crippen LogP contribution < -0.4 is 5.73 Å². The van der Waals surface area contributed by atoms with Crippen molar-refractivity contribution >= 4 is 39.1 Å². The SMILES string of the molecule is Cn1ncc(Br)c1C(N)c1ccc(Cl)c(Cl)c1. The summed E-state index contributed by atoms with van der Waals surface area (Å²) in [6, 6.07) is 5.07. The first-order valence-electron chi connectivity index (χ1n) is 4.88. The van der Waals surface area contributed by atoms with E-state index >= 15 is 0 Å². The van der Waals surface area contributed by atoms with Crippen molar-refractivity contribution in [2.24, 2.45) is 12.8 Å². The second kappa shape index (κ2) is 4.98. The molecule has 2 aromatic rings. The zero-order valence-electron chi connectivity index (χ0n) is 8.99. The highest BCUT2D eigenvalue weighted by Gasteiger charge is 2.17. The van der Waals surface area contributed by atoms with Gasteiger partial charge in [-0.2, -0.15) is 5.10 Å². The van der Waals surface area contributed by atoms with Crippen LogP contribution in [0.3, 0.4) is 0 Å². The monoisotopic (exact) mass is 333 g/mol. The molecular weight excluding hydrogens is 325 g/mol. The van der Waals surface area contributed by atoms with Crippen LogP contribution in [0.15, 0.2) is 28.9 Å². The summed E-state index contributed by atoms with van der Waals surface area (Å²) in [4.78, 5) is 0. The molecule has 0 amide bonds. The largest absolute Gasteiger partial charge is 0.319 e. The summed E-state index contributed by atoms with van der Waals surface area (Å²) in [6.07, 6.45) is 1.71. The summed E-state index contributed by atoms with van der Waals surface area (Å²) in [7, 11) is 1.84. The van der Waals surface area contributed by atoms with Crippen LogP contribution in [-0.2, 0) is 7.05 Å². The predicted molar refractivity (Wildman–Crippen MR) is 73.4 cm³/mol. The van der Waals surface area contributed by atoms with Gasteiger partial charge in [0, 0.05) is 7.05 Å². The molecule has 0 spiro atoms. The molecule has 3 nitrogen and oxygen atoms in total. The molecule has 1 aromatic carbocycles. The molecule has 6 heteroatoms. The zero-order valence-corrected chi connectivity index (χ0v) is 12.1. The minimum atomic E-state index is -0.299. The minimum Gasteiger partial charge on any atom is -0.319 e. The van der Waals surface area contributed by atoms with Gasteiger partial charge < -0.3 is 5.73 Å². The molecule has 17 heavy (non-hydrogen) atoms. The number of hydrogen-bond acceptors (Lipinski definition) is 2. The van der Waals surface area contributed by atoms with E-state index in [9.17, 15) is 0 Å². The number of rotatable bonds is 2. The first-order chi connectivity index (χ1) is 8.00. The Morgan fingerprint density at radius 1 is 1.35 bits per heavy atom. The first-order valence-corrected chi connectivity index (χ1v) is 6.43. The van der Waals surface area contributed by atoms with Crippen LogP contribution in [0.25, 0.3) is 0 Å². The van der Waals surface area contributed by atoms with Crippen LogP contribution in [0, 0.1) is 0 Å². The molecule has 0 aliphatic heterocycles. The molecule has 0 bridgehead atoms. The second-order valence-corrected chi connectivity index (χ2v) is 5.32. The Bertz CT molecular complexity index is 534. The summed E-state index contributed by atoms with van der Waals surface area (Å²) in [5, 5.41) is 5.15. The Hall–Kier alpha value is -0.550. The van der Waals surface area contributed by atoms with E-state index in [1.807, 2.05) is 13.1 Å². The van der Waals surface area contributed by atoms with Crippen LogP contribution in [0.2, 0.25) is 10.0 Å². The number of benzene rings is 1. The first kappa shape index (κ1) is 12.9. The molecule has 0 aliphatic rings. The van der Waals surface area contributed by atoms with Gasteiger partial charge in [0.1, 0.15) is 0 Å². The Morgan fingerprint density at radius 2 is 2.06 bits per heavy atom. The molecule has 0 aliphatic carbocycles. The molecule has 1 heterocycles. The van der Waals surface area contributed by atoms with Gasteiger partial charge in [-0.3, -0.25) is 4.68 Å². The highest BCUT2D eigenvalue weighted by molar-refractivity contribution is 9.10. The lowest BCUT2D eigenvalue weighted by Crippen LogP contribution is -2.16. The average Bonchev–Trinajstić information content (AvgIpc) is 2.62. The molecule has 1 atom stereocenters. The van der Waals surface area contributed by atoms with E-state index in [0.29, 0.717) is 10.0 Å². The standard InChI is InChI=1S/C11H10BrCl2N3/c1-17-11(7(12)5-16-17)10(15)6-2-3-8(13)9(14)4-6/h2-5,10H,15H2,1H3. The molecule has 2 rings (SSSR count). The van der Waals surface area contributed by atoms with E-state index in [0.717, 1.165) is 15.7 Å². The van der Waals surface area contributed by atoms with Gasteiger partial charge in [0.05, 0.1) is 32.5 Å². The van der Waals surface area contributed by atoms with E-state index in [1.54, 1.807) is 23.0 Å². The van der Waals surface area contributed by atoms with Crippen molar-refractivity contribution in [3.63, 3.8) is 0 Å². The van der Waals surface area contributed by atoms with E-state index in [1.165, 1.54) is 0 Å². The molecule has 1 aromatic heterocycles. The number of hydrogen-bond donors (Lipinski definition) is 1. The number of aryl methyl sites for hydroxylation is 1. The van der Waals surface area contributed by atoms with E-state index < -0.39 is 0 Å². The maximum Gasteiger partial charge on any atom is 0.0735 e. The van der Waals surface area contributed by atoms with Gasteiger partial charge in [-0.25, -0.2) is 0 Å². The van der Waals surface area contributed by atoms with Gasteiger partial charge in [0.2, 0.25) is 0 Å². The third-order valence-corrected chi connectivity index (χ3v) is 3.88. The zero-order chi connectivity index (χ0) is 12.6. The molecule has 90 valence electrons. The topological polar surface area (TPSA) is 43.8 Å². The van der Waals surface area contributed by atoms with Crippen LogP contribution in [-0.4, -0.2) is 9.78 Å². The van der Waals surface area contributed by atoms with E-state index in [-0.39, 0.29) is 6.04 Å². The molecule has 0 fully saturated rings. The number of nitrogens with two attached hydrogens (primary N) is 1. The van der Waals surface area contributed by atoms with E-state index in [2.05, 4.69) is 21.0 Å². The van der Waals surface area contributed by atoms with Crippen molar-refractivity contribution in [3.8, 4) is 0 Å². The lowest BCUT2D eigenvalue weighted by molar-refractivity contribution is 0.671. The normalized spacial score (nSPS) is 12.8. The lowest BCUT2D eigenvalue weighted by Gasteiger charge is -2.14. The summed E-state index contributed by atoms with van der Waals surface area (Å²) >= 11 is 15.3. The van der Waals surface area contributed by atoms with Crippen LogP contribution in [0.4, 0.5) is 0 Å². The van der Waals surface area contributed by atoms with Crippen LogP contribution in [0.5, 0.6) is 0 Å². The van der Waals surface area contributed by atoms with Crippen LogP contribution in [0.1, 0.15) is 17.3 Å². The van der Waals surface area contributed by atoms with Crippen molar-refractivity contribution in [2.75, 3.05) is 0 Å². The quantitative estimate of drug-likeness (QED) is 0.912. The van der Waals surface area contributed by atoms with E-state index in [4.69, 9.17) is 28.9 Å². The average molecular weight is 335 g/mol. The molecule has 0 saturated carbocycles. The van der Waals surface area contributed by atoms with Crippen molar-refractivity contribution in [1.29, 1.82) is 0 Å². The predicted octanol–water partition coefficient (Wildman–Crippen LogP) is 3.54. The minimum absolute atomic E-state index is 0.299. The van der Waals surface area contributed by atoms with Crippen LogP contribution >= 0.6 is 39.1 Å². The number of aromatic nitrogens is 2. The molecular formula is C11H10BrCl2N3. The Kier molecular flexibility index (Phi) is 3.78. The fraction of sp³-hybridized carbons (Fsp3) is 0.182. The number of nitrogens with zero attached hydrogens (tertiary/aromatic N) is 2. The summed E-state index contributed by atoms with van der Waals surface area (Å²) in [5.74, 6) is 0. The molecule has 0 radical (unpaired) electrons. The highest BCUT2D eigenvalue weighted by Crippen LogP contribution is 2.30. The molecule has 2 N–H and O–H groups in total. The van der Waals surface area contributed by atoms with Gasteiger partial charge in [-0.05, 0) is 33.6 Å². The fourth-order valence-corrected chi connectivity index (χ4v) is 2.54. The summed E-state index contributed by atoms with van der Waals surface area (Å²) in [5.41, 5.74) is 7.97. The van der Waals surface area contributed by atoms with Gasteiger partial charge in [-0.15, -0.1) is 0 Å². The maximum atomic E-state index is 6.19. The Morgan fingerprint density at radius 3 is 2.59 bits per heavy atom. The third kappa shape index (κ3) is 2.50. The fourth-order valence-electron chi connectivity index (χ4n) is 1.63. The third-order valence-electron chi connectivity index (χ3n) is 2.53. The van der Waals surface area contributed by atoms with Crippen molar-refractivity contribution in [3.05, 3.63) is 50.2 Å². The molecule has 1 unspecified atom stereocenters. The maximum absolute atomic E-state index is 6.19. The van der Waals surface area contributed by atoms with Gasteiger partial charge in [-0.1, -0.05) is 29.3 Å². The Balaban J connectivity index is 2.43. The summed E-state index contributed by atoms with van der Waals surface area (Å²) < 4.78 is 2.61. The smallest absolute Gasteiger partial charge is 0.0735 e. The van der Waals surface area contributed by atoms with Gasteiger partial charge in [0.25, 0.3) is 0 Å².